The molecule has 0 saturated carbocycles. The Morgan fingerprint density at radius 2 is 2.10 bits per heavy atom. The number of halogens is 4. The lowest BCUT2D eigenvalue weighted by Gasteiger charge is -2.17. The van der Waals surface area contributed by atoms with Crippen molar-refractivity contribution in [3.63, 3.8) is 0 Å². The van der Waals surface area contributed by atoms with Crippen molar-refractivity contribution in [3.05, 3.63) is 28.2 Å². The highest BCUT2D eigenvalue weighted by Gasteiger charge is 2.33. The minimum atomic E-state index is -4.42. The van der Waals surface area contributed by atoms with E-state index in [2.05, 4.69) is 26.6 Å². The minimum Gasteiger partial charge on any atom is -0.383 e. The quantitative estimate of drug-likeness (QED) is 0.790. The molecule has 2 N–H and O–H groups in total. The molecule has 0 radical (unpaired) electrons. The molecule has 8 heteroatoms. The Morgan fingerprint density at radius 1 is 1.45 bits per heavy atom. The second kappa shape index (κ2) is 7.24. The molecule has 0 amide bonds. The lowest BCUT2D eigenvalue weighted by Crippen LogP contribution is -2.38. The van der Waals surface area contributed by atoms with Gasteiger partial charge in [-0.2, -0.15) is 13.2 Å². The van der Waals surface area contributed by atoms with Crippen LogP contribution in [0.15, 0.2) is 22.7 Å². The van der Waals surface area contributed by atoms with Crippen LogP contribution in [0.25, 0.3) is 0 Å². The van der Waals surface area contributed by atoms with Gasteiger partial charge in [0, 0.05) is 23.3 Å². The first-order valence-electron chi connectivity index (χ1n) is 5.67. The summed E-state index contributed by atoms with van der Waals surface area (Å²) in [6.45, 7) is 2.29. The van der Waals surface area contributed by atoms with E-state index >= 15 is 0 Å². The van der Waals surface area contributed by atoms with Gasteiger partial charge in [0.05, 0.1) is 12.2 Å². The zero-order valence-electron chi connectivity index (χ0n) is 10.8. The van der Waals surface area contributed by atoms with Gasteiger partial charge in [0.1, 0.15) is 0 Å². The molecule has 112 valence electrons. The van der Waals surface area contributed by atoms with Gasteiger partial charge in [-0.05, 0) is 37.3 Å². The lowest BCUT2D eigenvalue weighted by molar-refractivity contribution is -0.138. The molecule has 3 nitrogen and oxygen atoms in total. The van der Waals surface area contributed by atoms with Crippen LogP contribution in [0.5, 0.6) is 0 Å². The lowest BCUT2D eigenvalue weighted by atomic mass is 10.2. The number of alkyl halides is 3. The molecular weight excluding hydrogens is 357 g/mol. The fraction of sp³-hybridized carbons (Fsp3) is 0.417. The van der Waals surface area contributed by atoms with E-state index in [1.54, 1.807) is 7.11 Å². The van der Waals surface area contributed by atoms with Crippen LogP contribution in [-0.4, -0.2) is 24.9 Å². The molecule has 1 aromatic carbocycles. The number of hydrogen-bond donors (Lipinski definition) is 2. The first-order chi connectivity index (χ1) is 9.24. The summed E-state index contributed by atoms with van der Waals surface area (Å²) in [6.07, 6.45) is -4.42. The molecule has 1 rings (SSSR count). The van der Waals surface area contributed by atoms with Crippen molar-refractivity contribution >= 4 is 38.9 Å². The number of methoxy groups -OCH3 is 1. The fourth-order valence-electron chi connectivity index (χ4n) is 1.50. The van der Waals surface area contributed by atoms with Gasteiger partial charge in [-0.1, -0.05) is 15.9 Å². The van der Waals surface area contributed by atoms with E-state index in [0.717, 1.165) is 6.07 Å². The zero-order chi connectivity index (χ0) is 15.3. The molecule has 1 unspecified atom stereocenters. The van der Waals surface area contributed by atoms with Crippen LogP contribution in [-0.2, 0) is 10.9 Å². The van der Waals surface area contributed by atoms with Crippen LogP contribution in [0, 0.1) is 0 Å². The molecule has 20 heavy (non-hydrogen) atoms. The van der Waals surface area contributed by atoms with Gasteiger partial charge in [0.25, 0.3) is 0 Å². The van der Waals surface area contributed by atoms with Gasteiger partial charge >= 0.3 is 6.18 Å². The first kappa shape index (κ1) is 17.2. The van der Waals surface area contributed by atoms with Crippen molar-refractivity contribution in [1.82, 2.24) is 5.32 Å². The summed E-state index contributed by atoms with van der Waals surface area (Å²) in [6, 6.07) is 3.79. The normalized spacial score (nSPS) is 12.9. The largest absolute Gasteiger partial charge is 0.417 e. The van der Waals surface area contributed by atoms with E-state index in [1.807, 2.05) is 6.92 Å². The summed E-state index contributed by atoms with van der Waals surface area (Å²) >= 11 is 7.91. The summed E-state index contributed by atoms with van der Waals surface area (Å²) in [7, 11) is 1.55. The van der Waals surface area contributed by atoms with Crippen LogP contribution in [0.4, 0.5) is 18.9 Å². The van der Waals surface area contributed by atoms with E-state index in [1.165, 1.54) is 12.1 Å². The highest BCUT2D eigenvalue weighted by Crippen LogP contribution is 2.36. The molecule has 0 fully saturated rings. The fourth-order valence-corrected chi connectivity index (χ4v) is 2.29. The summed E-state index contributed by atoms with van der Waals surface area (Å²) in [5, 5.41) is 5.86. The van der Waals surface area contributed by atoms with Crippen molar-refractivity contribution in [3.8, 4) is 0 Å². The predicted molar refractivity (Wildman–Crippen MR) is 79.8 cm³/mol. The van der Waals surface area contributed by atoms with Crippen molar-refractivity contribution in [2.24, 2.45) is 0 Å². The summed E-state index contributed by atoms with van der Waals surface area (Å²) in [5.41, 5.74) is -0.488. The van der Waals surface area contributed by atoms with Gasteiger partial charge in [-0.3, -0.25) is 0 Å². The molecule has 0 aromatic heterocycles. The number of ether oxygens (including phenoxy) is 1. The second-order valence-corrected chi connectivity index (χ2v) is 5.41. The number of rotatable bonds is 4. The van der Waals surface area contributed by atoms with E-state index in [0.29, 0.717) is 6.61 Å². The molecule has 0 aliphatic rings. The maximum Gasteiger partial charge on any atom is 0.417 e. The third-order valence-corrected chi connectivity index (χ3v) is 3.24. The Balaban J connectivity index is 2.76. The molecule has 0 aliphatic heterocycles. The molecule has 0 saturated heterocycles. The Labute approximate surface area is 129 Å². The standard InChI is InChI=1S/C12H14BrF3N2OS/c1-7(6-19-2)17-11(20)18-8-3-4-10(13)9(5-8)12(14,15)16/h3-5,7H,6H2,1-2H3,(H2,17,18,20). The topological polar surface area (TPSA) is 33.3 Å². The number of nitrogens with one attached hydrogen (secondary N) is 2. The number of anilines is 1. The van der Waals surface area contributed by atoms with Crippen molar-refractivity contribution in [2.75, 3.05) is 19.0 Å². The molecule has 0 spiro atoms. The van der Waals surface area contributed by atoms with Crippen molar-refractivity contribution < 1.29 is 17.9 Å². The highest BCUT2D eigenvalue weighted by atomic mass is 79.9. The molecule has 0 aliphatic carbocycles. The maximum atomic E-state index is 12.8. The third-order valence-electron chi connectivity index (χ3n) is 2.32. The van der Waals surface area contributed by atoms with Crippen LogP contribution in [0.2, 0.25) is 0 Å². The zero-order valence-corrected chi connectivity index (χ0v) is 13.2. The number of benzene rings is 1. The van der Waals surface area contributed by atoms with Crippen LogP contribution < -0.4 is 10.6 Å². The van der Waals surface area contributed by atoms with E-state index in [9.17, 15) is 13.2 Å². The van der Waals surface area contributed by atoms with Crippen molar-refractivity contribution in [2.45, 2.75) is 19.1 Å². The first-order valence-corrected chi connectivity index (χ1v) is 6.87. The van der Waals surface area contributed by atoms with Crippen LogP contribution >= 0.6 is 28.1 Å². The number of thiocarbonyl (C=S) groups is 1. The summed E-state index contributed by atoms with van der Waals surface area (Å²) < 4.78 is 43.2. The van der Waals surface area contributed by atoms with Gasteiger partial charge in [0.15, 0.2) is 5.11 Å². The average molecular weight is 371 g/mol. The molecule has 0 heterocycles. The molecule has 0 bridgehead atoms. The Bertz CT molecular complexity index is 482. The van der Waals surface area contributed by atoms with E-state index < -0.39 is 11.7 Å². The van der Waals surface area contributed by atoms with Crippen LogP contribution in [0.1, 0.15) is 12.5 Å². The van der Waals surface area contributed by atoms with Gasteiger partial charge in [-0.15, -0.1) is 0 Å². The van der Waals surface area contributed by atoms with Crippen molar-refractivity contribution in [1.29, 1.82) is 0 Å². The van der Waals surface area contributed by atoms with Gasteiger partial charge < -0.3 is 15.4 Å². The van der Waals surface area contributed by atoms with E-state index in [-0.39, 0.29) is 21.3 Å². The Morgan fingerprint density at radius 3 is 2.65 bits per heavy atom. The Kier molecular flexibility index (Phi) is 6.22. The third kappa shape index (κ3) is 5.26. The van der Waals surface area contributed by atoms with E-state index in [4.69, 9.17) is 17.0 Å². The summed E-state index contributed by atoms with van der Waals surface area (Å²) in [4.78, 5) is 0. The van der Waals surface area contributed by atoms with Crippen LogP contribution in [0.3, 0.4) is 0 Å². The minimum absolute atomic E-state index is 0.0119. The molecular formula is C12H14BrF3N2OS. The maximum absolute atomic E-state index is 12.8. The average Bonchev–Trinajstić information content (AvgIpc) is 2.30. The SMILES string of the molecule is COCC(C)NC(=S)Nc1ccc(Br)c(C(F)(F)F)c1. The predicted octanol–water partition coefficient (Wildman–Crippen LogP) is 3.79. The Hall–Kier alpha value is -0.860. The monoisotopic (exact) mass is 370 g/mol. The smallest absolute Gasteiger partial charge is 0.383 e. The molecule has 1 aromatic rings. The summed E-state index contributed by atoms with van der Waals surface area (Å²) in [5.74, 6) is 0. The highest BCUT2D eigenvalue weighted by molar-refractivity contribution is 9.10. The second-order valence-electron chi connectivity index (χ2n) is 4.15. The number of hydrogen-bond acceptors (Lipinski definition) is 2. The van der Waals surface area contributed by atoms with Gasteiger partial charge in [0.2, 0.25) is 0 Å². The molecule has 1 atom stereocenters. The van der Waals surface area contributed by atoms with Gasteiger partial charge in [-0.25, -0.2) is 0 Å².